The summed E-state index contributed by atoms with van der Waals surface area (Å²) in [6.07, 6.45) is 1.05. The summed E-state index contributed by atoms with van der Waals surface area (Å²) in [5.41, 5.74) is 3.00. The molecule has 2 rings (SSSR count). The highest BCUT2D eigenvalue weighted by molar-refractivity contribution is 5.95. The maximum Gasteiger partial charge on any atom is 0.251 e. The van der Waals surface area contributed by atoms with Gasteiger partial charge in [0.25, 0.3) is 5.91 Å². The molecule has 1 amide bonds. The van der Waals surface area contributed by atoms with Crippen molar-refractivity contribution in [3.63, 3.8) is 0 Å². The molecular formula is C14H19NO2. The Balaban J connectivity index is 1.97. The van der Waals surface area contributed by atoms with Crippen molar-refractivity contribution in [2.24, 2.45) is 5.92 Å². The zero-order valence-corrected chi connectivity index (χ0v) is 10.5. The molecule has 1 N–H and O–H groups in total. The van der Waals surface area contributed by atoms with E-state index in [2.05, 4.69) is 5.32 Å². The fourth-order valence-electron chi connectivity index (χ4n) is 2.07. The molecule has 1 aliphatic heterocycles. The van der Waals surface area contributed by atoms with Gasteiger partial charge in [-0.15, -0.1) is 0 Å². The van der Waals surface area contributed by atoms with Gasteiger partial charge < -0.3 is 10.1 Å². The molecule has 0 radical (unpaired) electrons. The van der Waals surface area contributed by atoms with Gasteiger partial charge in [0.05, 0.1) is 6.61 Å². The first-order valence-corrected chi connectivity index (χ1v) is 6.10. The maximum absolute atomic E-state index is 12.0. The Kier molecular flexibility index (Phi) is 3.79. The monoisotopic (exact) mass is 233 g/mol. The van der Waals surface area contributed by atoms with E-state index in [-0.39, 0.29) is 5.91 Å². The zero-order chi connectivity index (χ0) is 12.3. The Hall–Kier alpha value is -1.35. The van der Waals surface area contributed by atoms with Gasteiger partial charge in [-0.2, -0.15) is 0 Å². The molecular weight excluding hydrogens is 214 g/mol. The van der Waals surface area contributed by atoms with Crippen molar-refractivity contribution in [3.8, 4) is 0 Å². The molecule has 1 saturated heterocycles. The summed E-state index contributed by atoms with van der Waals surface area (Å²) in [6, 6.07) is 5.83. The van der Waals surface area contributed by atoms with E-state index in [0.29, 0.717) is 12.5 Å². The smallest absolute Gasteiger partial charge is 0.251 e. The van der Waals surface area contributed by atoms with Crippen LogP contribution in [0.4, 0.5) is 0 Å². The van der Waals surface area contributed by atoms with Crippen molar-refractivity contribution in [2.45, 2.75) is 20.3 Å². The van der Waals surface area contributed by atoms with Crippen LogP contribution in [0.25, 0.3) is 0 Å². The second-order valence-electron chi connectivity index (χ2n) is 4.69. The van der Waals surface area contributed by atoms with E-state index >= 15 is 0 Å². The van der Waals surface area contributed by atoms with E-state index in [1.165, 1.54) is 0 Å². The predicted molar refractivity (Wildman–Crippen MR) is 67.2 cm³/mol. The first-order chi connectivity index (χ1) is 8.18. The molecule has 1 aromatic rings. The van der Waals surface area contributed by atoms with Gasteiger partial charge in [-0.3, -0.25) is 4.79 Å². The van der Waals surface area contributed by atoms with E-state index in [1.54, 1.807) is 0 Å². The molecule has 0 saturated carbocycles. The minimum atomic E-state index is 0.0260. The maximum atomic E-state index is 12.0. The number of carbonyl (C=O) groups is 1. The fraction of sp³-hybridized carbons (Fsp3) is 0.500. The summed E-state index contributed by atoms with van der Waals surface area (Å²) in [5.74, 6) is 0.502. The van der Waals surface area contributed by atoms with Crippen LogP contribution in [-0.4, -0.2) is 25.7 Å². The number of hydrogen-bond acceptors (Lipinski definition) is 2. The molecule has 1 aromatic carbocycles. The predicted octanol–water partition coefficient (Wildman–Crippen LogP) is 2.07. The molecule has 0 spiro atoms. The minimum absolute atomic E-state index is 0.0260. The van der Waals surface area contributed by atoms with Crippen molar-refractivity contribution in [1.82, 2.24) is 5.32 Å². The molecule has 1 unspecified atom stereocenters. The van der Waals surface area contributed by atoms with E-state index in [9.17, 15) is 4.79 Å². The molecule has 17 heavy (non-hydrogen) atoms. The van der Waals surface area contributed by atoms with Crippen molar-refractivity contribution >= 4 is 5.91 Å². The molecule has 3 nitrogen and oxygen atoms in total. The Bertz CT molecular complexity index is 409. The van der Waals surface area contributed by atoms with Crippen LogP contribution < -0.4 is 5.32 Å². The lowest BCUT2D eigenvalue weighted by Gasteiger charge is -2.12. The number of ether oxygens (including phenoxy) is 1. The number of aryl methyl sites for hydroxylation is 1. The van der Waals surface area contributed by atoms with E-state index < -0.39 is 0 Å². The average Bonchev–Trinajstić information content (AvgIpc) is 2.82. The number of rotatable bonds is 3. The number of carbonyl (C=O) groups excluding carboxylic acids is 1. The minimum Gasteiger partial charge on any atom is -0.381 e. The highest BCUT2D eigenvalue weighted by atomic mass is 16.5. The van der Waals surface area contributed by atoms with Gasteiger partial charge in [0.1, 0.15) is 0 Å². The summed E-state index contributed by atoms with van der Waals surface area (Å²) in [5, 5.41) is 2.99. The standard InChI is InChI=1S/C14H19NO2/c1-10-4-3-5-13(11(10)2)14(16)15-8-12-6-7-17-9-12/h3-5,12H,6-9H2,1-2H3,(H,15,16). The lowest BCUT2D eigenvalue weighted by molar-refractivity contribution is 0.0944. The van der Waals surface area contributed by atoms with Crippen LogP contribution in [0.3, 0.4) is 0 Å². The van der Waals surface area contributed by atoms with Crippen LogP contribution in [0.2, 0.25) is 0 Å². The Morgan fingerprint density at radius 1 is 1.47 bits per heavy atom. The third-order valence-electron chi connectivity index (χ3n) is 3.42. The van der Waals surface area contributed by atoms with Crippen LogP contribution >= 0.6 is 0 Å². The third-order valence-corrected chi connectivity index (χ3v) is 3.42. The summed E-state index contributed by atoms with van der Waals surface area (Å²) in [4.78, 5) is 12.0. The quantitative estimate of drug-likeness (QED) is 0.868. The summed E-state index contributed by atoms with van der Waals surface area (Å²) < 4.78 is 5.29. The van der Waals surface area contributed by atoms with E-state index in [0.717, 1.165) is 36.3 Å². The summed E-state index contributed by atoms with van der Waals surface area (Å²) in [7, 11) is 0. The largest absolute Gasteiger partial charge is 0.381 e. The van der Waals surface area contributed by atoms with Crippen molar-refractivity contribution in [3.05, 3.63) is 34.9 Å². The molecule has 1 fully saturated rings. The second-order valence-corrected chi connectivity index (χ2v) is 4.69. The molecule has 0 bridgehead atoms. The van der Waals surface area contributed by atoms with Crippen molar-refractivity contribution < 1.29 is 9.53 Å². The number of hydrogen-bond donors (Lipinski definition) is 1. The van der Waals surface area contributed by atoms with Crippen LogP contribution in [0.5, 0.6) is 0 Å². The Labute approximate surface area is 102 Å². The van der Waals surface area contributed by atoms with Crippen LogP contribution in [0.1, 0.15) is 27.9 Å². The van der Waals surface area contributed by atoms with Crippen LogP contribution in [0.15, 0.2) is 18.2 Å². The molecule has 1 aliphatic rings. The average molecular weight is 233 g/mol. The normalized spacial score (nSPS) is 19.3. The van der Waals surface area contributed by atoms with E-state index in [1.807, 2.05) is 32.0 Å². The lowest BCUT2D eigenvalue weighted by atomic mass is 10.0. The number of amides is 1. The van der Waals surface area contributed by atoms with Gasteiger partial charge in [-0.1, -0.05) is 12.1 Å². The Morgan fingerprint density at radius 3 is 3.00 bits per heavy atom. The first kappa shape index (κ1) is 12.1. The van der Waals surface area contributed by atoms with Gasteiger partial charge in [0.15, 0.2) is 0 Å². The van der Waals surface area contributed by atoms with Crippen molar-refractivity contribution in [2.75, 3.05) is 19.8 Å². The van der Waals surface area contributed by atoms with Crippen molar-refractivity contribution in [1.29, 1.82) is 0 Å². The molecule has 0 aliphatic carbocycles. The zero-order valence-electron chi connectivity index (χ0n) is 10.5. The third kappa shape index (κ3) is 2.86. The van der Waals surface area contributed by atoms with Crippen LogP contribution in [-0.2, 0) is 4.74 Å². The summed E-state index contributed by atoms with van der Waals surface area (Å²) in [6.45, 7) is 6.32. The van der Waals surface area contributed by atoms with Gasteiger partial charge in [0, 0.05) is 24.6 Å². The van der Waals surface area contributed by atoms with Crippen LogP contribution in [0, 0.1) is 19.8 Å². The first-order valence-electron chi connectivity index (χ1n) is 6.10. The highest BCUT2D eigenvalue weighted by Gasteiger charge is 2.17. The number of nitrogens with one attached hydrogen (secondary N) is 1. The number of benzene rings is 1. The van der Waals surface area contributed by atoms with Gasteiger partial charge in [0.2, 0.25) is 0 Å². The molecule has 92 valence electrons. The van der Waals surface area contributed by atoms with Gasteiger partial charge in [-0.05, 0) is 37.5 Å². The molecule has 1 atom stereocenters. The lowest BCUT2D eigenvalue weighted by Crippen LogP contribution is -2.30. The van der Waals surface area contributed by atoms with Gasteiger partial charge >= 0.3 is 0 Å². The Morgan fingerprint density at radius 2 is 2.29 bits per heavy atom. The molecule has 3 heteroatoms. The molecule has 1 heterocycles. The molecule has 0 aromatic heterocycles. The second kappa shape index (κ2) is 5.32. The topological polar surface area (TPSA) is 38.3 Å². The van der Waals surface area contributed by atoms with E-state index in [4.69, 9.17) is 4.74 Å². The summed E-state index contributed by atoms with van der Waals surface area (Å²) >= 11 is 0. The fourth-order valence-corrected chi connectivity index (χ4v) is 2.07. The SMILES string of the molecule is Cc1cccc(C(=O)NCC2CCOC2)c1C. The highest BCUT2D eigenvalue weighted by Crippen LogP contribution is 2.14. The van der Waals surface area contributed by atoms with Gasteiger partial charge in [-0.25, -0.2) is 0 Å².